The Balaban J connectivity index is 0.000000353. The highest BCUT2D eigenvalue weighted by atomic mass is 16.4. The maximum Gasteiger partial charge on any atom is 0.414 e. The molecule has 9 heteroatoms. The minimum atomic E-state index is -1.82. The number of nitrogens with one attached hydrogen (secondary N) is 1. The normalized spacial score (nSPS) is 14.3. The molecule has 152 valence electrons. The number of aliphatic carboxylic acids is 2. The van der Waals surface area contributed by atoms with Crippen molar-refractivity contribution in [2.24, 2.45) is 0 Å². The van der Waals surface area contributed by atoms with Gasteiger partial charge in [-0.25, -0.2) is 9.59 Å². The number of carboxylic acid groups (broad SMARTS) is 2. The van der Waals surface area contributed by atoms with E-state index in [-0.39, 0.29) is 5.91 Å². The fourth-order valence-corrected chi connectivity index (χ4v) is 3.17. The number of benzene rings is 1. The fourth-order valence-electron chi connectivity index (χ4n) is 3.17. The SMILES string of the molecule is O=C(O)C(=O)O.O=C(c1ccco1)N1CCN(Cc2c[nH]c3ccccc23)CC1. The predicted octanol–water partition coefficient (Wildman–Crippen LogP) is 1.87. The summed E-state index contributed by atoms with van der Waals surface area (Å²) in [5.74, 6) is -3.23. The van der Waals surface area contributed by atoms with Gasteiger partial charge in [-0.15, -0.1) is 0 Å². The summed E-state index contributed by atoms with van der Waals surface area (Å²) < 4.78 is 5.20. The van der Waals surface area contributed by atoms with Crippen LogP contribution in [-0.4, -0.2) is 69.0 Å². The number of H-pyrrole nitrogens is 1. The summed E-state index contributed by atoms with van der Waals surface area (Å²) >= 11 is 0. The number of hydrogen-bond acceptors (Lipinski definition) is 5. The smallest absolute Gasteiger partial charge is 0.414 e. The first-order valence-electron chi connectivity index (χ1n) is 9.02. The van der Waals surface area contributed by atoms with Crippen molar-refractivity contribution < 1.29 is 29.0 Å². The van der Waals surface area contributed by atoms with Crippen LogP contribution in [-0.2, 0) is 16.1 Å². The third-order valence-corrected chi connectivity index (χ3v) is 4.64. The van der Waals surface area contributed by atoms with Gasteiger partial charge in [0.2, 0.25) is 0 Å². The van der Waals surface area contributed by atoms with Gasteiger partial charge in [0.15, 0.2) is 5.76 Å². The number of carbonyl (C=O) groups excluding carboxylic acids is 1. The lowest BCUT2D eigenvalue weighted by Gasteiger charge is -2.34. The summed E-state index contributed by atoms with van der Waals surface area (Å²) in [6.07, 6.45) is 3.63. The van der Waals surface area contributed by atoms with Crippen LogP contribution in [0.2, 0.25) is 0 Å². The Morgan fingerprint density at radius 3 is 2.28 bits per heavy atom. The Kier molecular flexibility index (Phi) is 6.30. The highest BCUT2D eigenvalue weighted by Gasteiger charge is 2.24. The first-order chi connectivity index (χ1) is 14.0. The maximum absolute atomic E-state index is 12.3. The average Bonchev–Trinajstić information content (AvgIpc) is 3.39. The van der Waals surface area contributed by atoms with Gasteiger partial charge in [0.05, 0.1) is 6.26 Å². The molecule has 0 spiro atoms. The Morgan fingerprint density at radius 2 is 1.66 bits per heavy atom. The Bertz CT molecular complexity index is 975. The summed E-state index contributed by atoms with van der Waals surface area (Å²) in [5, 5.41) is 16.1. The van der Waals surface area contributed by atoms with Crippen LogP contribution in [0.25, 0.3) is 10.9 Å². The van der Waals surface area contributed by atoms with Crippen LogP contribution in [0.4, 0.5) is 0 Å². The third-order valence-electron chi connectivity index (χ3n) is 4.64. The molecule has 1 aliphatic heterocycles. The van der Waals surface area contributed by atoms with Crippen LogP contribution < -0.4 is 0 Å². The van der Waals surface area contributed by atoms with E-state index >= 15 is 0 Å². The van der Waals surface area contributed by atoms with E-state index in [1.54, 1.807) is 18.4 Å². The molecule has 1 fully saturated rings. The lowest BCUT2D eigenvalue weighted by atomic mass is 10.1. The van der Waals surface area contributed by atoms with E-state index in [1.807, 2.05) is 11.0 Å². The lowest BCUT2D eigenvalue weighted by Crippen LogP contribution is -2.48. The van der Waals surface area contributed by atoms with Crippen molar-refractivity contribution in [3.05, 3.63) is 60.2 Å². The standard InChI is InChI=1S/C18H19N3O2.C2H2O4/c22-18(17-6-3-11-23-17)21-9-7-20(8-10-21)13-14-12-19-16-5-2-1-4-15(14)16;3-1(4)2(5)6/h1-6,11-12,19H,7-10,13H2;(H,3,4)(H,5,6). The summed E-state index contributed by atoms with van der Waals surface area (Å²) in [6, 6.07) is 11.8. The van der Waals surface area contributed by atoms with Crippen molar-refractivity contribution >= 4 is 28.7 Å². The van der Waals surface area contributed by atoms with Crippen LogP contribution >= 0.6 is 0 Å². The van der Waals surface area contributed by atoms with Crippen molar-refractivity contribution in [1.82, 2.24) is 14.8 Å². The first-order valence-corrected chi connectivity index (χ1v) is 9.02. The largest absolute Gasteiger partial charge is 0.473 e. The number of rotatable bonds is 3. The van der Waals surface area contributed by atoms with Crippen LogP contribution in [0.15, 0.2) is 53.3 Å². The molecular weight excluding hydrogens is 378 g/mol. The zero-order valence-corrected chi connectivity index (χ0v) is 15.6. The zero-order valence-electron chi connectivity index (χ0n) is 15.6. The molecule has 0 aliphatic carbocycles. The van der Waals surface area contributed by atoms with Crippen molar-refractivity contribution in [1.29, 1.82) is 0 Å². The molecule has 1 aromatic carbocycles. The number of nitrogens with zero attached hydrogens (tertiary/aromatic N) is 2. The number of carbonyl (C=O) groups is 3. The zero-order chi connectivity index (χ0) is 20.8. The molecule has 2 aromatic heterocycles. The molecule has 0 bridgehead atoms. The number of para-hydroxylation sites is 1. The van der Waals surface area contributed by atoms with Crippen LogP contribution in [0, 0.1) is 0 Å². The molecule has 1 amide bonds. The Hall–Kier alpha value is -3.59. The number of amides is 1. The molecule has 0 saturated carbocycles. The summed E-state index contributed by atoms with van der Waals surface area (Å²) in [7, 11) is 0. The van der Waals surface area contributed by atoms with E-state index in [2.05, 4.69) is 34.3 Å². The molecule has 9 nitrogen and oxygen atoms in total. The Morgan fingerprint density at radius 1 is 0.966 bits per heavy atom. The molecule has 1 aliphatic rings. The number of piperazine rings is 1. The van der Waals surface area contributed by atoms with E-state index in [4.69, 9.17) is 24.2 Å². The van der Waals surface area contributed by atoms with Gasteiger partial charge >= 0.3 is 11.9 Å². The maximum atomic E-state index is 12.3. The fraction of sp³-hybridized carbons (Fsp3) is 0.250. The molecule has 0 radical (unpaired) electrons. The van der Waals surface area contributed by atoms with E-state index in [9.17, 15) is 4.79 Å². The quantitative estimate of drug-likeness (QED) is 0.574. The number of aromatic nitrogens is 1. The number of furan rings is 1. The molecule has 3 N–H and O–H groups in total. The minimum absolute atomic E-state index is 0.0123. The van der Waals surface area contributed by atoms with Crippen molar-refractivity contribution in [3.8, 4) is 0 Å². The van der Waals surface area contributed by atoms with Crippen molar-refractivity contribution in [2.75, 3.05) is 26.2 Å². The summed E-state index contributed by atoms with van der Waals surface area (Å²) in [6.45, 7) is 4.15. The highest BCUT2D eigenvalue weighted by Crippen LogP contribution is 2.20. The van der Waals surface area contributed by atoms with Gasteiger partial charge in [-0.05, 0) is 23.8 Å². The van der Waals surface area contributed by atoms with Gasteiger partial charge < -0.3 is 24.5 Å². The van der Waals surface area contributed by atoms with Crippen LogP contribution in [0.5, 0.6) is 0 Å². The van der Waals surface area contributed by atoms with E-state index in [0.717, 1.165) is 32.7 Å². The van der Waals surface area contributed by atoms with Gasteiger partial charge in [0.25, 0.3) is 5.91 Å². The number of aromatic amines is 1. The summed E-state index contributed by atoms with van der Waals surface area (Å²) in [5.41, 5.74) is 2.49. The summed E-state index contributed by atoms with van der Waals surface area (Å²) in [4.78, 5) is 38.0. The monoisotopic (exact) mass is 399 g/mol. The number of carboxylic acids is 2. The molecular formula is C20H21N3O6. The molecule has 0 atom stereocenters. The van der Waals surface area contributed by atoms with E-state index in [1.165, 1.54) is 16.5 Å². The van der Waals surface area contributed by atoms with Gasteiger partial charge in [-0.3, -0.25) is 9.69 Å². The van der Waals surface area contributed by atoms with Gasteiger partial charge in [0, 0.05) is 49.8 Å². The van der Waals surface area contributed by atoms with E-state index in [0.29, 0.717) is 5.76 Å². The predicted molar refractivity (Wildman–Crippen MR) is 103 cm³/mol. The molecule has 3 heterocycles. The topological polar surface area (TPSA) is 127 Å². The number of fused-ring (bicyclic) bond motifs is 1. The second kappa shape index (κ2) is 9.07. The molecule has 0 unspecified atom stereocenters. The highest BCUT2D eigenvalue weighted by molar-refractivity contribution is 6.27. The van der Waals surface area contributed by atoms with Gasteiger partial charge in [0.1, 0.15) is 0 Å². The molecule has 3 aromatic rings. The first kappa shape index (κ1) is 20.2. The third kappa shape index (κ3) is 5.02. The molecule has 4 rings (SSSR count). The second-order valence-electron chi connectivity index (χ2n) is 6.52. The van der Waals surface area contributed by atoms with Gasteiger partial charge in [-0.2, -0.15) is 0 Å². The minimum Gasteiger partial charge on any atom is -0.473 e. The lowest BCUT2D eigenvalue weighted by molar-refractivity contribution is -0.159. The second-order valence-corrected chi connectivity index (χ2v) is 6.52. The molecule has 1 saturated heterocycles. The number of hydrogen-bond donors (Lipinski definition) is 3. The van der Waals surface area contributed by atoms with Crippen LogP contribution in [0.1, 0.15) is 16.1 Å². The van der Waals surface area contributed by atoms with Crippen molar-refractivity contribution in [3.63, 3.8) is 0 Å². The van der Waals surface area contributed by atoms with Gasteiger partial charge in [-0.1, -0.05) is 18.2 Å². The van der Waals surface area contributed by atoms with Crippen molar-refractivity contribution in [2.45, 2.75) is 6.54 Å². The average molecular weight is 399 g/mol. The van der Waals surface area contributed by atoms with E-state index < -0.39 is 11.9 Å². The molecule has 29 heavy (non-hydrogen) atoms. The van der Waals surface area contributed by atoms with Crippen LogP contribution in [0.3, 0.4) is 0 Å². The Labute approximate surface area is 166 Å².